The minimum absolute atomic E-state index is 0.00380. The van der Waals surface area contributed by atoms with E-state index in [1.54, 1.807) is 0 Å². The standard InChI is InChI=1S/C35H39N5O2/c1-23(27-7-3-2-4-8-27)36-32-28-9-5-6-10-29(28)37-34(38-32)40-15-13-39(14-16-40)33(41)30-11-12-31(42-30)35-20-24-17-25(21-35)19-26(18-24)22-35/h2-12,23-26H,13-22H2,1H3,(H,36,37,38)/t23-,24?,25?,26?,35?/m1/s1. The lowest BCUT2D eigenvalue weighted by molar-refractivity contribution is -0.0156. The van der Waals surface area contributed by atoms with Gasteiger partial charge in [-0.1, -0.05) is 42.5 Å². The number of amides is 1. The maximum Gasteiger partial charge on any atom is 0.289 e. The number of aromatic nitrogens is 2. The molecule has 3 heterocycles. The van der Waals surface area contributed by atoms with Gasteiger partial charge in [-0.25, -0.2) is 4.98 Å². The average molecular weight is 562 g/mol. The molecule has 7 nitrogen and oxygen atoms in total. The Balaban J connectivity index is 0.970. The Labute approximate surface area is 247 Å². The number of carbonyl (C=O) groups is 1. The van der Waals surface area contributed by atoms with Gasteiger partial charge in [0.25, 0.3) is 5.91 Å². The van der Waals surface area contributed by atoms with Crippen molar-refractivity contribution in [1.29, 1.82) is 0 Å². The lowest BCUT2D eigenvalue weighted by Gasteiger charge is -2.55. The van der Waals surface area contributed by atoms with E-state index in [1.807, 2.05) is 35.2 Å². The molecule has 5 aliphatic rings. The van der Waals surface area contributed by atoms with Crippen molar-refractivity contribution in [3.8, 4) is 0 Å². The number of benzene rings is 2. The van der Waals surface area contributed by atoms with Gasteiger partial charge in [0.2, 0.25) is 5.95 Å². The van der Waals surface area contributed by atoms with Crippen molar-refractivity contribution in [2.75, 3.05) is 36.4 Å². The summed E-state index contributed by atoms with van der Waals surface area (Å²) in [5.41, 5.74) is 2.29. The van der Waals surface area contributed by atoms with Gasteiger partial charge < -0.3 is 19.5 Å². The first-order chi connectivity index (χ1) is 20.5. The quantitative estimate of drug-likeness (QED) is 0.278. The maximum atomic E-state index is 13.5. The molecule has 9 rings (SSSR count). The fraction of sp³-hybridized carbons (Fsp3) is 0.457. The van der Waals surface area contributed by atoms with Crippen LogP contribution in [-0.4, -0.2) is 47.0 Å². The first kappa shape index (κ1) is 25.8. The molecule has 1 atom stereocenters. The molecule has 4 saturated carbocycles. The van der Waals surface area contributed by atoms with Gasteiger partial charge in [-0.15, -0.1) is 0 Å². The third-order valence-electron chi connectivity index (χ3n) is 10.5. The highest BCUT2D eigenvalue weighted by Gasteiger charge is 2.53. The summed E-state index contributed by atoms with van der Waals surface area (Å²) in [7, 11) is 0. The van der Waals surface area contributed by atoms with Crippen LogP contribution in [0.5, 0.6) is 0 Å². The van der Waals surface area contributed by atoms with Gasteiger partial charge in [0.05, 0.1) is 5.52 Å². The first-order valence-corrected chi connectivity index (χ1v) is 15.8. The minimum Gasteiger partial charge on any atom is -0.455 e. The van der Waals surface area contributed by atoms with Crippen molar-refractivity contribution in [2.45, 2.75) is 56.9 Å². The van der Waals surface area contributed by atoms with E-state index in [2.05, 4.69) is 53.5 Å². The zero-order chi connectivity index (χ0) is 28.3. The molecular formula is C35H39N5O2. The molecule has 0 unspecified atom stereocenters. The van der Waals surface area contributed by atoms with Crippen LogP contribution in [0.2, 0.25) is 0 Å². The normalized spacial score (nSPS) is 27.4. The van der Waals surface area contributed by atoms with Crippen LogP contribution in [0.1, 0.15) is 73.4 Å². The fourth-order valence-corrected chi connectivity index (χ4v) is 8.76. The summed E-state index contributed by atoms with van der Waals surface area (Å²) in [6.07, 6.45) is 7.93. The summed E-state index contributed by atoms with van der Waals surface area (Å²) in [5.74, 6) is 5.65. The van der Waals surface area contributed by atoms with Crippen LogP contribution in [-0.2, 0) is 5.41 Å². The van der Waals surface area contributed by atoms with Crippen LogP contribution in [0.3, 0.4) is 0 Å². The van der Waals surface area contributed by atoms with E-state index in [0.717, 1.165) is 40.2 Å². The Morgan fingerprint density at radius 1 is 0.857 bits per heavy atom. The number of fused-ring (bicyclic) bond motifs is 1. The molecule has 5 fully saturated rings. The van der Waals surface area contributed by atoms with Gasteiger partial charge in [0, 0.05) is 43.0 Å². The lowest BCUT2D eigenvalue weighted by atomic mass is 9.49. The Hall–Kier alpha value is -3.87. The van der Waals surface area contributed by atoms with Crippen LogP contribution in [0.25, 0.3) is 10.9 Å². The second kappa shape index (κ2) is 10.1. The molecular weight excluding hydrogens is 522 g/mol. The van der Waals surface area contributed by atoms with E-state index in [0.29, 0.717) is 37.9 Å². The van der Waals surface area contributed by atoms with Crippen molar-refractivity contribution in [3.63, 3.8) is 0 Å². The minimum atomic E-state index is 0.00380. The van der Waals surface area contributed by atoms with Crippen LogP contribution in [0, 0.1) is 17.8 Å². The van der Waals surface area contributed by atoms with Crippen LogP contribution in [0.4, 0.5) is 11.8 Å². The Bertz CT molecular complexity index is 1570. The summed E-state index contributed by atoms with van der Waals surface area (Å²) in [4.78, 5) is 27.6. The molecule has 0 radical (unpaired) electrons. The number of hydrogen-bond donors (Lipinski definition) is 1. The van der Waals surface area contributed by atoms with Crippen molar-refractivity contribution < 1.29 is 9.21 Å². The molecule has 1 N–H and O–H groups in total. The largest absolute Gasteiger partial charge is 0.455 e. The third kappa shape index (κ3) is 4.54. The summed E-state index contributed by atoms with van der Waals surface area (Å²) in [5, 5.41) is 4.63. The van der Waals surface area contributed by atoms with E-state index in [4.69, 9.17) is 14.4 Å². The SMILES string of the molecule is C[C@@H](Nc1nc(N2CCN(C(=O)c3ccc(C45CC6CC(CC(C6)C4)C5)o3)CC2)nc2ccccc12)c1ccccc1. The van der Waals surface area contributed by atoms with Crippen LogP contribution in [0.15, 0.2) is 71.1 Å². The van der Waals surface area contributed by atoms with Crippen molar-refractivity contribution >= 4 is 28.6 Å². The lowest BCUT2D eigenvalue weighted by Crippen LogP contribution is -2.49. The molecule has 1 aliphatic heterocycles. The van der Waals surface area contributed by atoms with E-state index in [1.165, 1.54) is 44.1 Å². The van der Waals surface area contributed by atoms with Crippen LogP contribution >= 0.6 is 0 Å². The fourth-order valence-electron chi connectivity index (χ4n) is 8.76. The number of rotatable bonds is 6. The van der Waals surface area contributed by atoms with Crippen molar-refractivity contribution in [1.82, 2.24) is 14.9 Å². The monoisotopic (exact) mass is 561 g/mol. The number of piperazine rings is 1. The number of para-hydroxylation sites is 1. The summed E-state index contributed by atoms with van der Waals surface area (Å²) in [6.45, 7) is 4.75. The number of furan rings is 1. The van der Waals surface area contributed by atoms with Gasteiger partial charge in [0.1, 0.15) is 11.6 Å². The molecule has 4 aromatic rings. The van der Waals surface area contributed by atoms with Gasteiger partial charge in [0.15, 0.2) is 5.76 Å². The number of anilines is 2. The van der Waals surface area contributed by atoms with Gasteiger partial charge in [-0.05, 0) is 93.0 Å². The molecule has 1 saturated heterocycles. The number of nitrogens with one attached hydrogen (secondary N) is 1. The van der Waals surface area contributed by atoms with Crippen LogP contribution < -0.4 is 10.2 Å². The van der Waals surface area contributed by atoms with E-state index >= 15 is 0 Å². The second-order valence-electron chi connectivity index (χ2n) is 13.3. The van der Waals surface area contributed by atoms with Gasteiger partial charge in [-0.2, -0.15) is 4.98 Å². The number of carbonyl (C=O) groups excluding carboxylic acids is 1. The molecule has 0 spiro atoms. The van der Waals surface area contributed by atoms with E-state index in [9.17, 15) is 4.79 Å². The van der Waals surface area contributed by atoms with Gasteiger partial charge >= 0.3 is 0 Å². The number of hydrogen-bond acceptors (Lipinski definition) is 6. The molecule has 42 heavy (non-hydrogen) atoms. The second-order valence-corrected chi connectivity index (χ2v) is 13.3. The third-order valence-corrected chi connectivity index (χ3v) is 10.5. The Kier molecular flexibility index (Phi) is 6.23. The molecule has 4 aliphatic carbocycles. The predicted octanol–water partition coefficient (Wildman–Crippen LogP) is 6.83. The molecule has 7 heteroatoms. The highest BCUT2D eigenvalue weighted by molar-refractivity contribution is 5.92. The Morgan fingerprint density at radius 3 is 2.24 bits per heavy atom. The van der Waals surface area contributed by atoms with Gasteiger partial charge in [-0.3, -0.25) is 4.79 Å². The van der Waals surface area contributed by atoms with Crippen molar-refractivity contribution in [2.24, 2.45) is 17.8 Å². The molecule has 2 aromatic heterocycles. The zero-order valence-corrected chi connectivity index (χ0v) is 24.3. The summed E-state index contributed by atoms with van der Waals surface area (Å²) >= 11 is 0. The average Bonchev–Trinajstić information content (AvgIpc) is 3.52. The van der Waals surface area contributed by atoms with E-state index < -0.39 is 0 Å². The zero-order valence-electron chi connectivity index (χ0n) is 24.3. The maximum absolute atomic E-state index is 13.5. The first-order valence-electron chi connectivity index (χ1n) is 15.8. The molecule has 216 valence electrons. The number of nitrogens with zero attached hydrogens (tertiary/aromatic N) is 4. The summed E-state index contributed by atoms with van der Waals surface area (Å²) < 4.78 is 6.39. The smallest absolute Gasteiger partial charge is 0.289 e. The molecule has 2 aromatic carbocycles. The molecule has 4 bridgehead atoms. The summed E-state index contributed by atoms with van der Waals surface area (Å²) in [6, 6.07) is 22.7. The highest BCUT2D eigenvalue weighted by atomic mass is 16.4. The predicted molar refractivity (Wildman–Crippen MR) is 165 cm³/mol. The van der Waals surface area contributed by atoms with Crippen molar-refractivity contribution in [3.05, 3.63) is 83.8 Å². The molecule has 1 amide bonds. The topological polar surface area (TPSA) is 74.5 Å². The Morgan fingerprint density at radius 2 is 1.52 bits per heavy atom. The van der Waals surface area contributed by atoms with E-state index in [-0.39, 0.29) is 17.4 Å². The highest BCUT2D eigenvalue weighted by Crippen LogP contribution is 2.60.